The zero-order valence-electron chi connectivity index (χ0n) is 16.5. The van der Waals surface area contributed by atoms with Crippen molar-refractivity contribution in [3.05, 3.63) is 46.1 Å². The number of fused-ring (bicyclic) bond motifs is 1. The zero-order chi connectivity index (χ0) is 19.1. The highest BCUT2D eigenvalue weighted by molar-refractivity contribution is 7.17. The Morgan fingerprint density at radius 3 is 2.33 bits per heavy atom. The van der Waals surface area contributed by atoms with E-state index < -0.39 is 0 Å². The maximum absolute atomic E-state index is 10.9. The standard InChI is InChI=1S/C21H28N4OS/c1-13(2)16-5-7-17(8-6-16)18(24-11-9-14(3)10-12-24)19-20(26)25-21(27-19)22-15(4)23-25/h5-8,13-14,18,26H,9-12H2,1-4H3. The topological polar surface area (TPSA) is 53.7 Å². The summed E-state index contributed by atoms with van der Waals surface area (Å²) >= 11 is 1.55. The summed E-state index contributed by atoms with van der Waals surface area (Å²) < 4.78 is 1.58. The third kappa shape index (κ3) is 3.48. The van der Waals surface area contributed by atoms with Gasteiger partial charge in [-0.25, -0.2) is 4.98 Å². The van der Waals surface area contributed by atoms with Crippen molar-refractivity contribution in [2.75, 3.05) is 13.1 Å². The van der Waals surface area contributed by atoms with Gasteiger partial charge in [-0.1, -0.05) is 56.4 Å². The van der Waals surface area contributed by atoms with E-state index in [0.717, 1.165) is 28.8 Å². The summed E-state index contributed by atoms with van der Waals surface area (Å²) in [6, 6.07) is 8.93. The van der Waals surface area contributed by atoms with Gasteiger partial charge in [-0.05, 0) is 55.8 Å². The number of nitrogens with zero attached hydrogens (tertiary/aromatic N) is 4. The summed E-state index contributed by atoms with van der Waals surface area (Å²) in [5.41, 5.74) is 2.57. The first-order valence-corrected chi connectivity index (χ1v) is 10.6. The molecule has 144 valence electrons. The van der Waals surface area contributed by atoms with Crippen LogP contribution in [0.1, 0.15) is 67.4 Å². The first kappa shape index (κ1) is 18.4. The second kappa shape index (κ2) is 7.24. The third-order valence-corrected chi connectivity index (χ3v) is 6.73. The van der Waals surface area contributed by atoms with Crippen molar-refractivity contribution in [3.8, 4) is 5.88 Å². The number of aryl methyl sites for hydroxylation is 1. The lowest BCUT2D eigenvalue weighted by molar-refractivity contribution is 0.157. The van der Waals surface area contributed by atoms with Gasteiger partial charge in [0.1, 0.15) is 5.82 Å². The van der Waals surface area contributed by atoms with Crippen LogP contribution in [0.2, 0.25) is 0 Å². The Morgan fingerprint density at radius 2 is 1.74 bits per heavy atom. The maximum atomic E-state index is 10.9. The summed E-state index contributed by atoms with van der Waals surface area (Å²) in [5.74, 6) is 2.20. The lowest BCUT2D eigenvalue weighted by atomic mass is 9.94. The molecule has 1 atom stereocenters. The Balaban J connectivity index is 1.77. The fourth-order valence-corrected chi connectivity index (χ4v) is 5.07. The van der Waals surface area contributed by atoms with E-state index in [1.807, 2.05) is 6.92 Å². The highest BCUT2D eigenvalue weighted by atomic mass is 32.1. The zero-order valence-corrected chi connectivity index (χ0v) is 17.3. The minimum absolute atomic E-state index is 0.0486. The first-order valence-electron chi connectivity index (χ1n) is 9.83. The van der Waals surface area contributed by atoms with Crippen molar-refractivity contribution in [2.24, 2.45) is 5.92 Å². The number of aromatic nitrogens is 3. The van der Waals surface area contributed by atoms with Crippen LogP contribution in [0.4, 0.5) is 0 Å². The quantitative estimate of drug-likeness (QED) is 0.705. The van der Waals surface area contributed by atoms with Gasteiger partial charge in [-0.3, -0.25) is 4.90 Å². The molecule has 4 rings (SSSR count). The van der Waals surface area contributed by atoms with Crippen LogP contribution in [0.5, 0.6) is 5.88 Å². The van der Waals surface area contributed by atoms with E-state index in [0.29, 0.717) is 11.7 Å². The Hall–Kier alpha value is -1.92. The number of thiazole rings is 1. The van der Waals surface area contributed by atoms with Crippen LogP contribution >= 0.6 is 11.3 Å². The summed E-state index contributed by atoms with van der Waals surface area (Å²) in [6.07, 6.45) is 2.39. The van der Waals surface area contributed by atoms with E-state index in [2.05, 4.69) is 60.0 Å². The van der Waals surface area contributed by atoms with Gasteiger partial charge in [0.15, 0.2) is 0 Å². The fraction of sp³-hybridized carbons (Fsp3) is 0.524. The summed E-state index contributed by atoms with van der Waals surface area (Å²) in [7, 11) is 0. The normalized spacial score (nSPS) is 17.8. The molecule has 0 radical (unpaired) electrons. The molecule has 3 heterocycles. The van der Waals surface area contributed by atoms with Crippen LogP contribution < -0.4 is 0 Å². The van der Waals surface area contributed by atoms with Gasteiger partial charge in [0.25, 0.3) is 0 Å². The molecule has 1 aliphatic heterocycles. The number of piperidine rings is 1. The summed E-state index contributed by atoms with van der Waals surface area (Å²) in [4.78, 5) is 8.66. The lowest BCUT2D eigenvalue weighted by Gasteiger charge is -2.36. The van der Waals surface area contributed by atoms with E-state index in [-0.39, 0.29) is 11.9 Å². The Kier molecular flexibility index (Phi) is 4.95. The molecule has 6 heteroatoms. The molecule has 0 saturated carbocycles. The van der Waals surface area contributed by atoms with Crippen molar-refractivity contribution in [2.45, 2.75) is 52.5 Å². The van der Waals surface area contributed by atoms with Gasteiger partial charge < -0.3 is 5.11 Å². The van der Waals surface area contributed by atoms with Crippen LogP contribution in [-0.4, -0.2) is 37.7 Å². The van der Waals surface area contributed by atoms with Gasteiger partial charge in [0.05, 0.1) is 10.9 Å². The van der Waals surface area contributed by atoms with Crippen LogP contribution in [0.15, 0.2) is 24.3 Å². The number of aromatic hydroxyl groups is 1. The van der Waals surface area contributed by atoms with Crippen molar-refractivity contribution in [1.29, 1.82) is 0 Å². The molecular weight excluding hydrogens is 356 g/mol. The van der Waals surface area contributed by atoms with Gasteiger partial charge in [-0.15, -0.1) is 5.10 Å². The summed E-state index contributed by atoms with van der Waals surface area (Å²) in [6.45, 7) is 10.7. The number of hydrogen-bond acceptors (Lipinski definition) is 5. The maximum Gasteiger partial charge on any atom is 0.230 e. The third-order valence-electron chi connectivity index (χ3n) is 5.66. The second-order valence-electron chi connectivity index (χ2n) is 8.09. The molecule has 1 saturated heterocycles. The minimum Gasteiger partial charge on any atom is -0.492 e. The number of benzene rings is 1. The molecule has 1 aliphatic rings. The van der Waals surface area contributed by atoms with Gasteiger partial charge >= 0.3 is 0 Å². The van der Waals surface area contributed by atoms with Crippen molar-refractivity contribution in [1.82, 2.24) is 19.5 Å². The lowest BCUT2D eigenvalue weighted by Crippen LogP contribution is -2.36. The van der Waals surface area contributed by atoms with E-state index in [9.17, 15) is 5.11 Å². The number of hydrogen-bond donors (Lipinski definition) is 1. The predicted octanol–water partition coefficient (Wildman–Crippen LogP) is 4.75. The summed E-state index contributed by atoms with van der Waals surface area (Å²) in [5, 5.41) is 15.3. The fourth-order valence-electron chi connectivity index (χ4n) is 3.90. The van der Waals surface area contributed by atoms with E-state index in [1.54, 1.807) is 15.9 Å². The van der Waals surface area contributed by atoms with Crippen molar-refractivity contribution < 1.29 is 5.11 Å². The number of likely N-dealkylation sites (tertiary alicyclic amines) is 1. The molecule has 0 aliphatic carbocycles. The second-order valence-corrected chi connectivity index (χ2v) is 9.09. The Morgan fingerprint density at radius 1 is 1.11 bits per heavy atom. The molecule has 3 aromatic rings. The smallest absolute Gasteiger partial charge is 0.230 e. The van der Waals surface area contributed by atoms with Gasteiger partial charge in [0.2, 0.25) is 10.8 Å². The molecule has 1 unspecified atom stereocenters. The SMILES string of the molecule is Cc1nc2sc(C(c3ccc(C(C)C)cc3)N3CCC(C)CC3)c(O)n2n1. The Bertz CT molecular complexity index is 920. The predicted molar refractivity (Wildman–Crippen MR) is 110 cm³/mol. The van der Waals surface area contributed by atoms with E-state index in [1.165, 1.54) is 24.0 Å². The molecular formula is C21H28N4OS. The van der Waals surface area contributed by atoms with Crippen LogP contribution in [0.25, 0.3) is 4.96 Å². The largest absolute Gasteiger partial charge is 0.492 e. The van der Waals surface area contributed by atoms with Crippen molar-refractivity contribution >= 4 is 16.3 Å². The number of rotatable bonds is 4. The molecule has 1 aromatic carbocycles. The van der Waals surface area contributed by atoms with Gasteiger partial charge in [0, 0.05) is 0 Å². The van der Waals surface area contributed by atoms with E-state index in [4.69, 9.17) is 0 Å². The van der Waals surface area contributed by atoms with Crippen molar-refractivity contribution in [3.63, 3.8) is 0 Å². The molecule has 1 N–H and O–H groups in total. The van der Waals surface area contributed by atoms with Gasteiger partial charge in [-0.2, -0.15) is 4.52 Å². The molecule has 2 aromatic heterocycles. The average molecular weight is 385 g/mol. The molecule has 0 bridgehead atoms. The first-order chi connectivity index (χ1) is 12.9. The molecule has 0 amide bonds. The molecule has 0 spiro atoms. The van der Waals surface area contributed by atoms with Crippen LogP contribution in [-0.2, 0) is 0 Å². The highest BCUT2D eigenvalue weighted by Crippen LogP contribution is 2.41. The molecule has 27 heavy (non-hydrogen) atoms. The minimum atomic E-state index is 0.0486. The van der Waals surface area contributed by atoms with E-state index >= 15 is 0 Å². The van der Waals surface area contributed by atoms with Crippen LogP contribution in [0, 0.1) is 12.8 Å². The Labute approximate surface area is 164 Å². The molecule has 1 fully saturated rings. The van der Waals surface area contributed by atoms with Crippen LogP contribution in [0.3, 0.4) is 0 Å². The monoisotopic (exact) mass is 384 g/mol. The average Bonchev–Trinajstić information content (AvgIpc) is 3.15. The highest BCUT2D eigenvalue weighted by Gasteiger charge is 2.31. The molecule has 5 nitrogen and oxygen atoms in total.